The van der Waals surface area contributed by atoms with Crippen molar-refractivity contribution < 1.29 is 24.2 Å². The maximum absolute atomic E-state index is 12.7. The lowest BCUT2D eigenvalue weighted by atomic mass is 10.0. The highest BCUT2D eigenvalue weighted by atomic mass is 16.5. The first-order valence-electron chi connectivity index (χ1n) is 20.8. The van der Waals surface area contributed by atoms with Gasteiger partial charge >= 0.3 is 11.9 Å². The second kappa shape index (κ2) is 37.7. The summed E-state index contributed by atoms with van der Waals surface area (Å²) < 4.78 is 11.4. The first-order valence-corrected chi connectivity index (χ1v) is 20.8. The molecule has 1 N–H and O–H groups in total. The van der Waals surface area contributed by atoms with E-state index in [-0.39, 0.29) is 24.6 Å². The molecule has 0 bridgehead atoms. The predicted octanol–water partition coefficient (Wildman–Crippen LogP) is 11.5. The maximum Gasteiger partial charge on any atom is 0.306 e. The van der Waals surface area contributed by atoms with Crippen molar-refractivity contribution in [1.82, 2.24) is 4.90 Å². The van der Waals surface area contributed by atoms with E-state index in [9.17, 15) is 14.7 Å². The number of unbranched alkanes of at least 4 members (excludes halogenated alkanes) is 20. The lowest BCUT2D eigenvalue weighted by molar-refractivity contribution is -0.150. The number of rotatable bonds is 38. The summed E-state index contributed by atoms with van der Waals surface area (Å²) >= 11 is 0. The van der Waals surface area contributed by atoms with Crippen LogP contribution in [-0.2, 0) is 19.1 Å². The van der Waals surface area contributed by atoms with Crippen LogP contribution >= 0.6 is 0 Å². The summed E-state index contributed by atoms with van der Waals surface area (Å²) in [6, 6.07) is 0. The highest BCUT2D eigenvalue weighted by Crippen LogP contribution is 2.18. The Morgan fingerprint density at radius 3 is 1.38 bits per heavy atom. The van der Waals surface area contributed by atoms with Crippen molar-refractivity contribution in [2.24, 2.45) is 0 Å². The maximum atomic E-state index is 12.7. The Kier molecular flexibility index (Phi) is 36.8. The number of hydrogen-bond donors (Lipinski definition) is 1. The third kappa shape index (κ3) is 34.5. The molecule has 0 heterocycles. The molecule has 0 atom stereocenters. The van der Waals surface area contributed by atoms with Crippen LogP contribution in [0.2, 0.25) is 0 Å². The molecule has 0 aromatic heterocycles. The normalized spacial score (nSPS) is 11.5. The Morgan fingerprint density at radius 2 is 0.894 bits per heavy atom. The van der Waals surface area contributed by atoms with Gasteiger partial charge in [0.1, 0.15) is 6.10 Å². The molecule has 0 aromatic rings. The van der Waals surface area contributed by atoms with E-state index in [0.717, 1.165) is 90.3 Å². The van der Waals surface area contributed by atoms with Gasteiger partial charge in [0.05, 0.1) is 6.61 Å². The van der Waals surface area contributed by atoms with Gasteiger partial charge in [-0.05, 0) is 77.3 Å². The van der Waals surface area contributed by atoms with Crippen molar-refractivity contribution in [1.29, 1.82) is 0 Å². The van der Waals surface area contributed by atoms with E-state index < -0.39 is 0 Å². The number of aliphatic hydroxyl groups excluding tert-OH is 1. The fourth-order valence-electron chi connectivity index (χ4n) is 6.32. The van der Waals surface area contributed by atoms with Crippen molar-refractivity contribution >= 4 is 11.9 Å². The molecule has 0 rings (SSSR count). The molecular weight excluding hydrogens is 586 g/mol. The topological polar surface area (TPSA) is 76.1 Å². The van der Waals surface area contributed by atoms with Gasteiger partial charge in [-0.15, -0.1) is 0 Å². The monoisotopic (exact) mass is 668 g/mol. The highest BCUT2D eigenvalue weighted by molar-refractivity contribution is 5.69. The van der Waals surface area contributed by atoms with Crippen molar-refractivity contribution in [3.8, 4) is 0 Å². The van der Waals surface area contributed by atoms with Gasteiger partial charge in [-0.25, -0.2) is 0 Å². The number of ether oxygens (including phenoxy) is 2. The van der Waals surface area contributed by atoms with Gasteiger partial charge in [0.25, 0.3) is 0 Å². The second-order valence-corrected chi connectivity index (χ2v) is 14.1. The van der Waals surface area contributed by atoms with Gasteiger partial charge in [-0.3, -0.25) is 9.59 Å². The highest BCUT2D eigenvalue weighted by Gasteiger charge is 2.14. The van der Waals surface area contributed by atoms with Crippen molar-refractivity contribution in [2.75, 3.05) is 32.8 Å². The molecule has 280 valence electrons. The summed E-state index contributed by atoms with van der Waals surface area (Å²) in [7, 11) is 0. The molecule has 0 fully saturated rings. The van der Waals surface area contributed by atoms with Crippen LogP contribution in [0.1, 0.15) is 213 Å². The van der Waals surface area contributed by atoms with E-state index in [1.165, 1.54) is 109 Å². The number of hydrogen-bond acceptors (Lipinski definition) is 6. The van der Waals surface area contributed by atoms with Crippen molar-refractivity contribution in [3.05, 3.63) is 0 Å². The largest absolute Gasteiger partial charge is 0.466 e. The molecule has 0 unspecified atom stereocenters. The first kappa shape index (κ1) is 45.9. The first-order chi connectivity index (χ1) is 23.1. The summed E-state index contributed by atoms with van der Waals surface area (Å²) in [5.74, 6) is -0.0622. The Labute approximate surface area is 292 Å². The standard InChI is InChI=1S/C41H81NO5/c1-4-7-10-13-16-19-28-38-46-40(44)32-24-20-26-34-42(36-29-37-43)35-27-21-25-33-41(45)47-39(30-22-17-14-11-8-5-2)31-23-18-15-12-9-6-3/h39,43H,4-38H2,1-3H3. The number of aliphatic hydroxyl groups is 1. The summed E-state index contributed by atoms with van der Waals surface area (Å²) in [4.78, 5) is 27.2. The van der Waals surface area contributed by atoms with Crippen molar-refractivity contribution in [3.63, 3.8) is 0 Å². The molecule has 6 nitrogen and oxygen atoms in total. The van der Waals surface area contributed by atoms with Gasteiger partial charge in [0.15, 0.2) is 0 Å². The number of carbonyl (C=O) groups is 2. The molecule has 0 spiro atoms. The van der Waals surface area contributed by atoms with Crippen LogP contribution in [-0.4, -0.2) is 60.9 Å². The van der Waals surface area contributed by atoms with Crippen LogP contribution in [0.3, 0.4) is 0 Å². The molecule has 0 saturated carbocycles. The van der Waals surface area contributed by atoms with E-state index in [1.807, 2.05) is 0 Å². The van der Waals surface area contributed by atoms with E-state index in [0.29, 0.717) is 19.4 Å². The lowest BCUT2D eigenvalue weighted by Gasteiger charge is -2.22. The smallest absolute Gasteiger partial charge is 0.306 e. The Morgan fingerprint density at radius 1 is 0.489 bits per heavy atom. The van der Waals surface area contributed by atoms with Crippen LogP contribution in [0, 0.1) is 0 Å². The fraction of sp³-hybridized carbons (Fsp3) is 0.951. The average molecular weight is 668 g/mol. The molecule has 0 radical (unpaired) electrons. The average Bonchev–Trinajstić information content (AvgIpc) is 3.07. The quantitative estimate of drug-likeness (QED) is 0.0521. The number of esters is 2. The van der Waals surface area contributed by atoms with E-state index in [2.05, 4.69) is 25.7 Å². The molecule has 0 aliphatic carbocycles. The number of carbonyl (C=O) groups excluding carboxylic acids is 2. The minimum Gasteiger partial charge on any atom is -0.466 e. The SMILES string of the molecule is CCCCCCCCCOC(=O)CCCCCN(CCCO)CCCCCC(=O)OC(CCCCCCCC)CCCCCCCC. The third-order valence-electron chi connectivity index (χ3n) is 9.41. The molecule has 0 aromatic carbocycles. The third-order valence-corrected chi connectivity index (χ3v) is 9.41. The van der Waals surface area contributed by atoms with E-state index in [4.69, 9.17) is 9.47 Å². The van der Waals surface area contributed by atoms with Crippen LogP contribution in [0.4, 0.5) is 0 Å². The zero-order valence-electron chi connectivity index (χ0n) is 31.9. The van der Waals surface area contributed by atoms with Gasteiger partial charge < -0.3 is 19.5 Å². The zero-order valence-corrected chi connectivity index (χ0v) is 31.9. The van der Waals surface area contributed by atoms with Gasteiger partial charge in [0, 0.05) is 26.0 Å². The molecule has 47 heavy (non-hydrogen) atoms. The minimum atomic E-state index is -0.0530. The van der Waals surface area contributed by atoms with Crippen LogP contribution < -0.4 is 0 Å². The molecule has 6 heteroatoms. The molecular formula is C41H81NO5. The van der Waals surface area contributed by atoms with Crippen LogP contribution in [0.5, 0.6) is 0 Å². The predicted molar refractivity (Wildman–Crippen MR) is 200 cm³/mol. The van der Waals surface area contributed by atoms with Crippen LogP contribution in [0.25, 0.3) is 0 Å². The van der Waals surface area contributed by atoms with Gasteiger partial charge in [-0.1, -0.05) is 136 Å². The molecule has 0 aliphatic heterocycles. The van der Waals surface area contributed by atoms with Crippen molar-refractivity contribution in [2.45, 2.75) is 219 Å². The summed E-state index contributed by atoms with van der Waals surface area (Å²) in [5, 5.41) is 9.36. The van der Waals surface area contributed by atoms with E-state index in [1.54, 1.807) is 0 Å². The molecule has 0 amide bonds. The molecule has 0 aliphatic rings. The van der Waals surface area contributed by atoms with Crippen LogP contribution in [0.15, 0.2) is 0 Å². The summed E-state index contributed by atoms with van der Waals surface area (Å²) in [6.45, 7) is 10.4. The fourth-order valence-corrected chi connectivity index (χ4v) is 6.32. The number of nitrogens with zero attached hydrogens (tertiary/aromatic N) is 1. The summed E-state index contributed by atoms with van der Waals surface area (Å²) in [5.41, 5.74) is 0. The zero-order chi connectivity index (χ0) is 34.5. The van der Waals surface area contributed by atoms with E-state index >= 15 is 0 Å². The molecule has 0 saturated heterocycles. The van der Waals surface area contributed by atoms with Gasteiger partial charge in [0.2, 0.25) is 0 Å². The summed E-state index contributed by atoms with van der Waals surface area (Å²) in [6.07, 6.45) is 33.8. The Balaban J connectivity index is 4.16. The lowest BCUT2D eigenvalue weighted by Crippen LogP contribution is -2.28. The minimum absolute atomic E-state index is 0.00922. The second-order valence-electron chi connectivity index (χ2n) is 14.1. The Hall–Kier alpha value is -1.14. The van der Waals surface area contributed by atoms with Gasteiger partial charge in [-0.2, -0.15) is 0 Å². The Bertz CT molecular complexity index is 642.